The Morgan fingerprint density at radius 2 is 1.31 bits per heavy atom. The maximum Gasteiger partial charge on any atom is 0.133 e. The summed E-state index contributed by atoms with van der Waals surface area (Å²) in [5.41, 5.74) is 0. The predicted molar refractivity (Wildman–Crippen MR) is 51.1 cm³/mol. The predicted octanol–water partition coefficient (Wildman–Crippen LogP) is -2.82. The molecule has 0 aromatic rings. The molecule has 0 saturated carbocycles. The molecule has 6 N–H and O–H groups in total. The van der Waals surface area contributed by atoms with E-state index in [2.05, 4.69) is 0 Å². The van der Waals surface area contributed by atoms with Gasteiger partial charge in [-0.15, -0.1) is 0 Å². The largest absolute Gasteiger partial charge is 0.394 e. The van der Waals surface area contributed by atoms with Crippen molar-refractivity contribution in [3.63, 3.8) is 0 Å². The van der Waals surface area contributed by atoms with Gasteiger partial charge in [0.1, 0.15) is 28.5 Å². The molecule has 0 bridgehead atoms. The van der Waals surface area contributed by atoms with Gasteiger partial charge in [0, 0.05) is 0 Å². The van der Waals surface area contributed by atoms with Crippen molar-refractivity contribution in [3.8, 4) is 0 Å². The molecule has 6 nitrogen and oxygen atoms in total. The summed E-state index contributed by atoms with van der Waals surface area (Å²) < 4.78 is -1.26. The molecule has 0 spiro atoms. The maximum absolute atomic E-state index is 9.12. The number of alkyl halides is 1. The third-order valence-corrected chi connectivity index (χ3v) is 2.30. The van der Waals surface area contributed by atoms with E-state index in [4.69, 9.17) is 30.6 Å². The molecule has 0 aromatic carbocycles. The Balaban J connectivity index is 4.15. The molecule has 0 fully saturated rings. The van der Waals surface area contributed by atoms with Crippen molar-refractivity contribution in [2.75, 3.05) is 6.61 Å². The van der Waals surface area contributed by atoms with Gasteiger partial charge in [-0.3, -0.25) is 0 Å². The number of aliphatic hydroxyl groups excluding tert-OH is 6. The molecule has 0 aliphatic rings. The van der Waals surface area contributed by atoms with Gasteiger partial charge >= 0.3 is 0 Å². The van der Waals surface area contributed by atoms with Crippen molar-refractivity contribution >= 4 is 22.6 Å². The number of hydrogen-bond donors (Lipinski definition) is 6. The van der Waals surface area contributed by atoms with Crippen LogP contribution in [-0.2, 0) is 0 Å². The molecule has 1 unspecified atom stereocenters. The lowest BCUT2D eigenvalue weighted by atomic mass is 10.0. The molecule has 7 heteroatoms. The number of halogens is 1. The molecule has 0 heterocycles. The highest BCUT2D eigenvalue weighted by Crippen LogP contribution is 2.11. The van der Waals surface area contributed by atoms with Gasteiger partial charge in [0.15, 0.2) is 0 Å². The lowest BCUT2D eigenvalue weighted by molar-refractivity contribution is -0.125. The van der Waals surface area contributed by atoms with Crippen LogP contribution in [0.2, 0.25) is 0 Å². The van der Waals surface area contributed by atoms with Gasteiger partial charge in [-0.05, 0) is 22.6 Å². The van der Waals surface area contributed by atoms with Crippen LogP contribution >= 0.6 is 22.6 Å². The molecule has 80 valence electrons. The molecule has 0 aliphatic carbocycles. The first-order valence-electron chi connectivity index (χ1n) is 3.57. The van der Waals surface area contributed by atoms with Gasteiger partial charge in [-0.25, -0.2) is 0 Å². The van der Waals surface area contributed by atoms with Crippen molar-refractivity contribution in [1.29, 1.82) is 0 Å². The average Bonchev–Trinajstić information content (AvgIpc) is 2.12. The van der Waals surface area contributed by atoms with Crippen LogP contribution in [0.15, 0.2) is 0 Å². The van der Waals surface area contributed by atoms with Gasteiger partial charge in [0.2, 0.25) is 0 Å². The first-order chi connectivity index (χ1) is 5.91. The van der Waals surface area contributed by atoms with Crippen molar-refractivity contribution in [1.82, 2.24) is 0 Å². The first-order valence-corrected chi connectivity index (χ1v) is 4.81. The van der Waals surface area contributed by atoms with Crippen molar-refractivity contribution < 1.29 is 30.6 Å². The lowest BCUT2D eigenvalue weighted by Gasteiger charge is -2.26. The Kier molecular flexibility index (Phi) is 6.29. The third-order valence-electron chi connectivity index (χ3n) is 1.56. The van der Waals surface area contributed by atoms with Gasteiger partial charge in [0.25, 0.3) is 0 Å². The highest BCUT2D eigenvalue weighted by atomic mass is 127. The summed E-state index contributed by atoms with van der Waals surface area (Å²) in [4.78, 5) is 0. The summed E-state index contributed by atoms with van der Waals surface area (Å²) in [5.74, 6) is 0. The van der Waals surface area contributed by atoms with Crippen molar-refractivity contribution in [2.24, 2.45) is 0 Å². The number of hydrogen-bond acceptors (Lipinski definition) is 6. The lowest BCUT2D eigenvalue weighted by Crippen LogP contribution is -2.48. The Hall–Kier alpha value is 0.490. The second-order valence-corrected chi connectivity index (χ2v) is 3.87. The second-order valence-electron chi connectivity index (χ2n) is 2.59. The highest BCUT2D eigenvalue weighted by molar-refractivity contribution is 14.1. The Morgan fingerprint density at radius 3 is 1.62 bits per heavy atom. The van der Waals surface area contributed by atoms with E-state index < -0.39 is 35.1 Å². The van der Waals surface area contributed by atoms with Crippen LogP contribution in [0.25, 0.3) is 0 Å². The van der Waals surface area contributed by atoms with E-state index >= 15 is 0 Å². The SMILES string of the molecule is OC[C@@H](O)[C@@H](O)[C@H](O)[C@@H](O)C(O)I. The fourth-order valence-corrected chi connectivity index (χ4v) is 1.13. The van der Waals surface area contributed by atoms with Crippen LogP contribution in [0.5, 0.6) is 0 Å². The van der Waals surface area contributed by atoms with Crippen LogP contribution in [0.3, 0.4) is 0 Å². The van der Waals surface area contributed by atoms with Crippen molar-refractivity contribution in [3.05, 3.63) is 0 Å². The van der Waals surface area contributed by atoms with Gasteiger partial charge < -0.3 is 30.6 Å². The summed E-state index contributed by atoms with van der Waals surface area (Å²) in [6, 6.07) is 0. The normalized spacial score (nSPS) is 23.3. The van der Waals surface area contributed by atoms with E-state index in [0.717, 1.165) is 0 Å². The van der Waals surface area contributed by atoms with Crippen molar-refractivity contribution in [2.45, 2.75) is 28.5 Å². The van der Waals surface area contributed by atoms with E-state index in [1.54, 1.807) is 0 Å². The van der Waals surface area contributed by atoms with Gasteiger partial charge in [0.05, 0.1) is 6.61 Å². The van der Waals surface area contributed by atoms with Crippen LogP contribution in [-0.4, -0.2) is 65.8 Å². The summed E-state index contributed by atoms with van der Waals surface area (Å²) in [6.07, 6.45) is -6.50. The third kappa shape index (κ3) is 4.02. The molecule has 0 aliphatic heterocycles. The molecule has 0 amide bonds. The van der Waals surface area contributed by atoms with Crippen LogP contribution < -0.4 is 0 Å². The molecule has 0 aromatic heterocycles. The standard InChI is InChI=1S/C6H13IO6/c7-6(13)5(12)4(11)3(10)2(9)1-8/h2-6,8-13H,1H2/t2-,3-,4+,5-,6?/m1/s1. The van der Waals surface area contributed by atoms with Gasteiger partial charge in [-0.2, -0.15) is 0 Å². The average molecular weight is 308 g/mol. The highest BCUT2D eigenvalue weighted by Gasteiger charge is 2.32. The number of aliphatic hydroxyl groups is 6. The second kappa shape index (κ2) is 6.06. The van der Waals surface area contributed by atoms with E-state index in [9.17, 15) is 0 Å². The summed E-state index contributed by atoms with van der Waals surface area (Å²) in [7, 11) is 0. The molecular weight excluding hydrogens is 295 g/mol. The Labute approximate surface area is 88.6 Å². The summed E-state index contributed by atoms with van der Waals surface area (Å²) in [5, 5.41) is 53.3. The molecule has 0 rings (SSSR count). The summed E-state index contributed by atoms with van der Waals surface area (Å²) >= 11 is 1.44. The Morgan fingerprint density at radius 1 is 0.846 bits per heavy atom. The van der Waals surface area contributed by atoms with E-state index in [0.29, 0.717) is 0 Å². The van der Waals surface area contributed by atoms with Crippen LogP contribution in [0.4, 0.5) is 0 Å². The van der Waals surface area contributed by atoms with E-state index in [1.807, 2.05) is 0 Å². The van der Waals surface area contributed by atoms with E-state index in [-0.39, 0.29) is 0 Å². The first kappa shape index (κ1) is 13.5. The molecule has 0 saturated heterocycles. The zero-order valence-electron chi connectivity index (χ0n) is 6.66. The van der Waals surface area contributed by atoms with Crippen LogP contribution in [0, 0.1) is 0 Å². The smallest absolute Gasteiger partial charge is 0.133 e. The van der Waals surface area contributed by atoms with Gasteiger partial charge in [-0.1, -0.05) is 0 Å². The molecule has 0 radical (unpaired) electrons. The molecule has 13 heavy (non-hydrogen) atoms. The Bertz CT molecular complexity index is 143. The fraction of sp³-hybridized carbons (Fsp3) is 1.00. The zero-order valence-corrected chi connectivity index (χ0v) is 8.81. The monoisotopic (exact) mass is 308 g/mol. The molecular formula is C6H13IO6. The van der Waals surface area contributed by atoms with E-state index in [1.165, 1.54) is 22.6 Å². The fourth-order valence-electron chi connectivity index (χ4n) is 0.700. The minimum atomic E-state index is -1.70. The molecule has 5 atom stereocenters. The minimum Gasteiger partial charge on any atom is -0.394 e. The quantitative estimate of drug-likeness (QED) is 0.241. The number of rotatable bonds is 5. The maximum atomic E-state index is 9.12. The summed E-state index contributed by atoms with van der Waals surface area (Å²) in [6.45, 7) is -0.734. The minimum absolute atomic E-state index is 0.734. The van der Waals surface area contributed by atoms with Crippen LogP contribution in [0.1, 0.15) is 0 Å². The topological polar surface area (TPSA) is 121 Å². The zero-order chi connectivity index (χ0) is 10.6.